The smallest absolute Gasteiger partial charge is 0.296 e. The molecule has 4 heterocycles. The molecule has 1 amide bonds. The minimum atomic E-state index is -1.06. The van der Waals surface area contributed by atoms with Crippen LogP contribution in [0.15, 0.2) is 74.1 Å². The number of hydrogen-bond donors (Lipinski definition) is 1. The van der Waals surface area contributed by atoms with Gasteiger partial charge < -0.3 is 9.52 Å². The number of benzene rings is 2. The number of carbonyl (C=O) groups excluding carboxylic acids is 2. The molecule has 2 aromatic carbocycles. The second-order valence-electron chi connectivity index (χ2n) is 7.71. The molecule has 6 rings (SSSR count). The number of fused-ring (bicyclic) bond motifs is 2. The first-order valence-corrected chi connectivity index (χ1v) is 12.6. The summed E-state index contributed by atoms with van der Waals surface area (Å²) in [5, 5.41) is 13.4. The van der Waals surface area contributed by atoms with Crippen molar-refractivity contribution in [1.82, 2.24) is 4.98 Å². The van der Waals surface area contributed by atoms with Crippen molar-refractivity contribution in [1.29, 1.82) is 0 Å². The number of thiophene rings is 1. The number of amides is 1. The van der Waals surface area contributed by atoms with Gasteiger partial charge in [-0.3, -0.25) is 14.5 Å². The Labute approximate surface area is 211 Å². The van der Waals surface area contributed by atoms with Gasteiger partial charge in [0.05, 0.1) is 15.8 Å². The maximum Gasteiger partial charge on any atom is 0.296 e. The third-order valence-electron chi connectivity index (χ3n) is 5.59. The second kappa shape index (κ2) is 8.08. The van der Waals surface area contributed by atoms with E-state index in [9.17, 15) is 23.5 Å². The predicted octanol–water partition coefficient (Wildman–Crippen LogP) is 6.93. The van der Waals surface area contributed by atoms with Gasteiger partial charge in [-0.1, -0.05) is 33.3 Å². The first-order chi connectivity index (χ1) is 16.8. The lowest BCUT2D eigenvalue weighted by Gasteiger charge is -2.22. The quantitative estimate of drug-likeness (QED) is 0.236. The molecule has 0 saturated heterocycles. The summed E-state index contributed by atoms with van der Waals surface area (Å²) < 4.78 is 34.3. The van der Waals surface area contributed by atoms with E-state index in [1.54, 1.807) is 41.8 Å². The summed E-state index contributed by atoms with van der Waals surface area (Å²) >= 11 is 5.62. The van der Waals surface area contributed by atoms with E-state index in [0.29, 0.717) is 20.5 Å². The second-order valence-corrected chi connectivity index (χ2v) is 10.6. The molecule has 1 N–H and O–H groups in total. The average molecular weight is 573 g/mol. The molecule has 174 valence electrons. The number of rotatable bonds is 4. The molecule has 1 aliphatic rings. The van der Waals surface area contributed by atoms with E-state index in [1.807, 2.05) is 0 Å². The molecular formula is C24H11BrF2N2O4S2. The van der Waals surface area contributed by atoms with Crippen molar-refractivity contribution in [2.45, 2.75) is 6.04 Å². The first-order valence-electron chi connectivity index (χ1n) is 10.1. The topological polar surface area (TPSA) is 83.6 Å². The summed E-state index contributed by atoms with van der Waals surface area (Å²) in [6.45, 7) is 0. The normalized spacial score (nSPS) is 16.3. The van der Waals surface area contributed by atoms with Gasteiger partial charge in [0, 0.05) is 20.8 Å². The van der Waals surface area contributed by atoms with Gasteiger partial charge in [0.1, 0.15) is 11.6 Å². The summed E-state index contributed by atoms with van der Waals surface area (Å²) in [6, 6.07) is 11.2. The van der Waals surface area contributed by atoms with Gasteiger partial charge >= 0.3 is 0 Å². The molecule has 1 unspecified atom stereocenters. The molecule has 0 bridgehead atoms. The number of aromatic nitrogens is 1. The van der Waals surface area contributed by atoms with Gasteiger partial charge in [-0.05, 0) is 41.8 Å². The van der Waals surface area contributed by atoms with Crippen LogP contribution in [0, 0.1) is 11.6 Å². The molecule has 35 heavy (non-hydrogen) atoms. The molecule has 0 radical (unpaired) electrons. The molecule has 0 fully saturated rings. The number of Topliss-reactive ketones (excluding diaryl/α,β-unsaturated/α-hetero) is 1. The van der Waals surface area contributed by atoms with Crippen molar-refractivity contribution < 1.29 is 27.9 Å². The van der Waals surface area contributed by atoms with E-state index >= 15 is 0 Å². The Morgan fingerprint density at radius 3 is 2.71 bits per heavy atom. The highest BCUT2D eigenvalue weighted by Crippen LogP contribution is 2.45. The lowest BCUT2D eigenvalue weighted by atomic mass is 10.0. The van der Waals surface area contributed by atoms with Crippen LogP contribution in [0.4, 0.5) is 13.9 Å². The van der Waals surface area contributed by atoms with Crippen LogP contribution in [0.25, 0.3) is 21.2 Å². The monoisotopic (exact) mass is 572 g/mol. The lowest BCUT2D eigenvalue weighted by molar-refractivity contribution is -0.117. The van der Waals surface area contributed by atoms with Gasteiger partial charge in [-0.2, -0.15) is 0 Å². The molecule has 11 heteroatoms. The van der Waals surface area contributed by atoms with Crippen LogP contribution in [0.3, 0.4) is 0 Å². The first kappa shape index (κ1) is 22.1. The molecule has 1 aliphatic heterocycles. The summed E-state index contributed by atoms with van der Waals surface area (Å²) in [4.78, 5) is 32.9. The molecule has 0 aliphatic carbocycles. The Morgan fingerprint density at radius 2 is 1.94 bits per heavy atom. The van der Waals surface area contributed by atoms with Gasteiger partial charge in [0.15, 0.2) is 28.3 Å². The van der Waals surface area contributed by atoms with Crippen molar-refractivity contribution in [3.05, 3.63) is 92.0 Å². The standard InChI is InChI=1S/C24H11BrF2N2O4S2/c25-11-3-4-15-10(6-11)7-16(33-15)21(30)19-20(17-2-1-5-34-17)29(23(32)22(19)31)24-28-14-8-12(26)13(27)9-18(14)35-24/h1-9,20,31H. The number of hydrogen-bond acceptors (Lipinski definition) is 7. The maximum atomic E-state index is 13.8. The van der Waals surface area contributed by atoms with Crippen LogP contribution < -0.4 is 4.90 Å². The summed E-state index contributed by atoms with van der Waals surface area (Å²) in [5.41, 5.74) is 0.469. The van der Waals surface area contributed by atoms with E-state index < -0.39 is 35.1 Å². The summed E-state index contributed by atoms with van der Waals surface area (Å²) in [7, 11) is 0. The number of nitrogens with zero attached hydrogens (tertiary/aromatic N) is 2. The van der Waals surface area contributed by atoms with Gasteiger partial charge in [-0.15, -0.1) is 11.3 Å². The Bertz CT molecular complexity index is 1670. The zero-order valence-electron chi connectivity index (χ0n) is 17.3. The highest BCUT2D eigenvalue weighted by molar-refractivity contribution is 9.10. The maximum absolute atomic E-state index is 13.8. The fourth-order valence-electron chi connectivity index (χ4n) is 4.02. The largest absolute Gasteiger partial charge is 0.503 e. The zero-order chi connectivity index (χ0) is 24.4. The number of thiazole rings is 1. The molecule has 1 atom stereocenters. The number of carbonyl (C=O) groups is 2. The van der Waals surface area contributed by atoms with Crippen molar-refractivity contribution in [3.8, 4) is 0 Å². The molecular weight excluding hydrogens is 562 g/mol. The fourth-order valence-corrected chi connectivity index (χ4v) is 6.23. The van der Waals surface area contributed by atoms with E-state index in [-0.39, 0.29) is 22.0 Å². The van der Waals surface area contributed by atoms with Gasteiger partial charge in [0.25, 0.3) is 5.91 Å². The van der Waals surface area contributed by atoms with Crippen LogP contribution in [0.5, 0.6) is 0 Å². The minimum absolute atomic E-state index is 0.0377. The molecule has 6 nitrogen and oxygen atoms in total. The molecule has 0 saturated carbocycles. The predicted molar refractivity (Wildman–Crippen MR) is 132 cm³/mol. The number of halogens is 3. The lowest BCUT2D eigenvalue weighted by Crippen LogP contribution is -2.30. The Balaban J connectivity index is 1.49. The third-order valence-corrected chi connectivity index (χ3v) is 8.03. The van der Waals surface area contributed by atoms with Crippen LogP contribution in [-0.2, 0) is 4.79 Å². The van der Waals surface area contributed by atoms with Gasteiger partial charge in [-0.25, -0.2) is 13.8 Å². The average Bonchev–Trinajstić information content (AvgIpc) is 3.60. The van der Waals surface area contributed by atoms with Crippen LogP contribution in [0.2, 0.25) is 0 Å². The van der Waals surface area contributed by atoms with E-state index in [0.717, 1.165) is 27.9 Å². The number of ketones is 1. The molecule has 3 aromatic heterocycles. The van der Waals surface area contributed by atoms with E-state index in [2.05, 4.69) is 20.9 Å². The fraction of sp³-hybridized carbons (Fsp3) is 0.0417. The van der Waals surface area contributed by atoms with Crippen LogP contribution in [-0.4, -0.2) is 21.8 Å². The minimum Gasteiger partial charge on any atom is -0.503 e. The number of furan rings is 1. The Hall–Kier alpha value is -3.41. The van der Waals surface area contributed by atoms with E-state index in [4.69, 9.17) is 4.42 Å². The SMILES string of the molecule is O=C(C1=C(O)C(=O)N(c2nc3cc(F)c(F)cc3s2)C1c1cccs1)c1cc2cc(Br)ccc2o1. The van der Waals surface area contributed by atoms with Crippen molar-refractivity contribution >= 4 is 76.6 Å². The van der Waals surface area contributed by atoms with E-state index in [1.165, 1.54) is 16.2 Å². The summed E-state index contributed by atoms with van der Waals surface area (Å²) in [6.07, 6.45) is 0. The van der Waals surface area contributed by atoms with Crippen LogP contribution in [0.1, 0.15) is 21.5 Å². The highest BCUT2D eigenvalue weighted by Gasteiger charge is 2.47. The van der Waals surface area contributed by atoms with Gasteiger partial charge in [0.2, 0.25) is 5.78 Å². The third kappa shape index (κ3) is 3.49. The summed E-state index contributed by atoms with van der Waals surface area (Å²) in [5.74, 6) is -4.36. The van der Waals surface area contributed by atoms with Crippen molar-refractivity contribution in [2.75, 3.05) is 4.90 Å². The molecule has 5 aromatic rings. The molecule has 0 spiro atoms. The zero-order valence-corrected chi connectivity index (χ0v) is 20.5. The number of anilines is 1. The number of aliphatic hydroxyl groups excluding tert-OH is 1. The number of aliphatic hydroxyl groups is 1. The van der Waals surface area contributed by atoms with Crippen LogP contribution >= 0.6 is 38.6 Å². The van der Waals surface area contributed by atoms with Crippen molar-refractivity contribution in [3.63, 3.8) is 0 Å². The Kier molecular flexibility index (Phi) is 5.09. The van der Waals surface area contributed by atoms with Crippen molar-refractivity contribution in [2.24, 2.45) is 0 Å². The Morgan fingerprint density at radius 1 is 1.14 bits per heavy atom. The highest BCUT2D eigenvalue weighted by atomic mass is 79.9.